The molecular formula is C33H41N3P2Ru. The molecule has 2 heterocycles. The molecule has 0 atom stereocenters. The smallest absolute Gasteiger partial charge is 0.573 e. The molecule has 0 saturated heterocycles. The zero-order valence-electron chi connectivity index (χ0n) is 24.4. The summed E-state index contributed by atoms with van der Waals surface area (Å²) >= 11 is 0. The Hall–Kier alpha value is -2.24. The molecule has 206 valence electrons. The van der Waals surface area contributed by atoms with Crippen molar-refractivity contribution in [3.63, 3.8) is 0 Å². The van der Waals surface area contributed by atoms with Crippen molar-refractivity contribution in [1.29, 1.82) is 0 Å². The van der Waals surface area contributed by atoms with Crippen molar-refractivity contribution in [3.8, 4) is 11.4 Å². The van der Waals surface area contributed by atoms with Crippen LogP contribution in [-0.4, -0.2) is 36.7 Å². The topological polar surface area (TPSA) is 39.9 Å². The predicted octanol–water partition coefficient (Wildman–Crippen LogP) is 8.11. The summed E-state index contributed by atoms with van der Waals surface area (Å²) < 4.78 is 0. The number of pyridine rings is 1. The quantitative estimate of drug-likeness (QED) is 0.113. The number of rotatable bonds is 3. The third-order valence-electron chi connectivity index (χ3n) is 5.77. The first-order chi connectivity index (χ1) is 17.7. The monoisotopic (exact) mass is 643 g/mol. The van der Waals surface area contributed by atoms with Crippen molar-refractivity contribution in [2.75, 3.05) is 26.7 Å². The minimum atomic E-state index is 0. The maximum Gasteiger partial charge on any atom is 2.00 e. The molecule has 0 spiro atoms. The van der Waals surface area contributed by atoms with Gasteiger partial charge >= 0.3 is 19.5 Å². The van der Waals surface area contributed by atoms with Gasteiger partial charge in [0, 0.05) is 22.7 Å². The second-order valence-corrected chi connectivity index (χ2v) is 14.8. The number of benzene rings is 3. The van der Waals surface area contributed by atoms with E-state index < -0.39 is 0 Å². The van der Waals surface area contributed by atoms with Crippen molar-refractivity contribution in [2.45, 2.75) is 26.2 Å². The van der Waals surface area contributed by atoms with Crippen LogP contribution in [0.2, 0.25) is 0 Å². The zero-order chi connectivity index (χ0) is 26.8. The number of hydrogen-bond donors (Lipinski definition) is 0. The number of aromatic nitrogens is 3. The Morgan fingerprint density at radius 2 is 1.15 bits per heavy atom. The van der Waals surface area contributed by atoms with E-state index >= 15 is 0 Å². The largest absolute Gasteiger partial charge is 2.00 e. The van der Waals surface area contributed by atoms with Crippen LogP contribution in [0, 0.1) is 7.43 Å². The Bertz CT molecular complexity index is 1310. The van der Waals surface area contributed by atoms with Crippen LogP contribution in [0.3, 0.4) is 0 Å². The Labute approximate surface area is 251 Å². The van der Waals surface area contributed by atoms with E-state index in [1.807, 2.05) is 30.5 Å². The average Bonchev–Trinajstić information content (AvgIpc) is 3.41. The molecule has 0 aliphatic carbocycles. The van der Waals surface area contributed by atoms with Gasteiger partial charge in [-0.3, -0.25) is 4.98 Å². The van der Waals surface area contributed by atoms with Gasteiger partial charge in [0.1, 0.15) is 0 Å². The van der Waals surface area contributed by atoms with Crippen molar-refractivity contribution in [2.24, 2.45) is 0 Å². The Morgan fingerprint density at radius 3 is 1.59 bits per heavy atom. The van der Waals surface area contributed by atoms with Crippen LogP contribution in [0.5, 0.6) is 0 Å². The van der Waals surface area contributed by atoms with E-state index in [0.717, 1.165) is 22.5 Å². The molecule has 6 heteroatoms. The second kappa shape index (κ2) is 16.8. The number of fused-ring (bicyclic) bond motifs is 1. The molecule has 39 heavy (non-hydrogen) atoms. The fourth-order valence-corrected chi connectivity index (χ4v) is 5.09. The summed E-state index contributed by atoms with van der Waals surface area (Å²) in [6.45, 7) is 15.5. The van der Waals surface area contributed by atoms with Crippen molar-refractivity contribution in [1.82, 2.24) is 15.2 Å². The molecule has 3 nitrogen and oxygen atoms in total. The van der Waals surface area contributed by atoms with Gasteiger partial charge < -0.3 is 17.6 Å². The Kier molecular flexibility index (Phi) is 15.0. The summed E-state index contributed by atoms with van der Waals surface area (Å²) in [5.74, 6) is 0. The standard InChI is InChI=1S/C16H16N3.2C8H11P.CH3.Ru/c1-16(2,3)14-10-13(18-19-14)15-12-7-5-4-6-11(12)8-9-17-15;2*1-9(2)8-6-4-3-5-7-8;;/h4-10H,1-3H3;2*3-7H,1-2H3;1H3;/q-1;;;-1;+2. The summed E-state index contributed by atoms with van der Waals surface area (Å²) in [5, 5.41) is 13.8. The van der Waals surface area contributed by atoms with Crippen molar-refractivity contribution >= 4 is 37.2 Å². The van der Waals surface area contributed by atoms with Crippen LogP contribution in [0.4, 0.5) is 0 Å². The predicted molar refractivity (Wildman–Crippen MR) is 173 cm³/mol. The van der Waals surface area contributed by atoms with Gasteiger partial charge in [0.05, 0.1) is 5.69 Å². The molecule has 5 rings (SSSR count). The van der Waals surface area contributed by atoms with E-state index in [-0.39, 0.29) is 48.2 Å². The summed E-state index contributed by atoms with van der Waals surface area (Å²) in [7, 11) is 0.209. The fourth-order valence-electron chi connectivity index (χ4n) is 3.55. The van der Waals surface area contributed by atoms with E-state index in [2.05, 4.69) is 135 Å². The van der Waals surface area contributed by atoms with Gasteiger partial charge in [-0.25, -0.2) is 0 Å². The van der Waals surface area contributed by atoms with E-state index in [0.29, 0.717) is 0 Å². The van der Waals surface area contributed by atoms with Gasteiger partial charge in [-0.05, 0) is 48.7 Å². The van der Waals surface area contributed by atoms with Crippen LogP contribution < -0.4 is 15.7 Å². The van der Waals surface area contributed by atoms with Crippen LogP contribution >= 0.6 is 15.8 Å². The van der Waals surface area contributed by atoms with Gasteiger partial charge in [0.2, 0.25) is 0 Å². The second-order valence-electron chi connectivity index (χ2n) is 10.2. The van der Waals surface area contributed by atoms with Gasteiger partial charge in [-0.15, -0.1) is 0 Å². The van der Waals surface area contributed by atoms with Crippen LogP contribution in [0.15, 0.2) is 103 Å². The molecule has 0 unspecified atom stereocenters. The van der Waals surface area contributed by atoms with Gasteiger partial charge in [0.25, 0.3) is 0 Å². The minimum Gasteiger partial charge on any atom is -0.573 e. The normalized spacial score (nSPS) is 10.5. The summed E-state index contributed by atoms with van der Waals surface area (Å²) in [6.07, 6.45) is 1.82. The molecule has 2 aromatic heterocycles. The summed E-state index contributed by atoms with van der Waals surface area (Å²) in [6, 6.07) is 33.5. The third kappa shape index (κ3) is 10.7. The van der Waals surface area contributed by atoms with E-state index in [1.54, 1.807) is 0 Å². The van der Waals surface area contributed by atoms with Crippen LogP contribution in [0.1, 0.15) is 26.5 Å². The van der Waals surface area contributed by atoms with E-state index in [9.17, 15) is 0 Å². The molecule has 0 radical (unpaired) electrons. The van der Waals surface area contributed by atoms with E-state index in [4.69, 9.17) is 0 Å². The molecule has 0 saturated carbocycles. The molecule has 0 aliphatic heterocycles. The van der Waals surface area contributed by atoms with Crippen molar-refractivity contribution < 1.29 is 19.5 Å². The first-order valence-electron chi connectivity index (χ1n) is 12.5. The summed E-state index contributed by atoms with van der Waals surface area (Å²) in [4.78, 5) is 4.47. The maximum absolute atomic E-state index is 4.47. The summed E-state index contributed by atoms with van der Waals surface area (Å²) in [5.41, 5.74) is 2.76. The SMILES string of the molecule is CC(C)(C)c1cc(-c2nccc3ccccc23)[n-]n1.CP(C)c1ccccc1.CP(C)c1ccccc1.[CH3-].[Ru+2]. The van der Waals surface area contributed by atoms with Crippen LogP contribution in [-0.2, 0) is 24.9 Å². The third-order valence-corrected chi connectivity index (χ3v) is 8.43. The average molecular weight is 643 g/mol. The first kappa shape index (κ1) is 34.8. The van der Waals surface area contributed by atoms with Gasteiger partial charge in [-0.1, -0.05) is 133 Å². The molecular weight excluding hydrogens is 601 g/mol. The molecule has 0 amide bonds. The van der Waals surface area contributed by atoms with Gasteiger partial charge in [-0.2, -0.15) is 0 Å². The molecule has 3 aromatic carbocycles. The molecule has 0 aliphatic rings. The van der Waals surface area contributed by atoms with Crippen molar-refractivity contribution in [3.05, 3.63) is 116 Å². The molecule has 5 aromatic rings. The molecule has 0 N–H and O–H groups in total. The zero-order valence-corrected chi connectivity index (χ0v) is 27.9. The molecule has 0 fully saturated rings. The molecule has 0 bridgehead atoms. The van der Waals surface area contributed by atoms with Crippen LogP contribution in [0.25, 0.3) is 22.2 Å². The minimum absolute atomic E-state index is 0. The Balaban J connectivity index is 0.000000322. The Morgan fingerprint density at radius 1 is 0.667 bits per heavy atom. The van der Waals surface area contributed by atoms with E-state index in [1.165, 1.54) is 16.0 Å². The number of nitrogens with zero attached hydrogens (tertiary/aromatic N) is 3. The van der Waals surface area contributed by atoms with Gasteiger partial charge in [0.15, 0.2) is 0 Å². The maximum atomic E-state index is 4.47. The first-order valence-corrected chi connectivity index (χ1v) is 16.9. The number of hydrogen-bond acceptors (Lipinski definition) is 2. The fraction of sp³-hybridized carbons (Fsp3) is 0.242.